The number of thiophene rings is 1. The van der Waals surface area contributed by atoms with Gasteiger partial charge in [-0.2, -0.15) is 4.98 Å². The number of likely N-dealkylation sites (tertiary alicyclic amines) is 1. The number of likely N-dealkylation sites (N-methyl/N-ethyl adjacent to an activating group) is 1. The maximum atomic E-state index is 12.3. The lowest BCUT2D eigenvalue weighted by atomic mass is 10.3. The highest BCUT2D eigenvalue weighted by molar-refractivity contribution is 7.16. The Kier molecular flexibility index (Phi) is 3.92. The second-order valence-corrected chi connectivity index (χ2v) is 6.10. The average molecular weight is 305 g/mol. The molecule has 1 N–H and O–H groups in total. The van der Waals surface area contributed by atoms with Crippen LogP contribution in [0.25, 0.3) is 10.2 Å². The highest BCUT2D eigenvalue weighted by atomic mass is 32.1. The normalized spacial score (nSPS) is 14.7. The van der Waals surface area contributed by atoms with E-state index in [4.69, 9.17) is 0 Å². The van der Waals surface area contributed by atoms with Gasteiger partial charge in [0.1, 0.15) is 10.6 Å². The fourth-order valence-corrected chi connectivity index (χ4v) is 3.35. The van der Waals surface area contributed by atoms with Crippen LogP contribution >= 0.6 is 11.3 Å². The van der Waals surface area contributed by atoms with Gasteiger partial charge in [0.2, 0.25) is 11.9 Å². The van der Waals surface area contributed by atoms with Gasteiger partial charge in [-0.3, -0.25) is 4.79 Å². The first-order valence-electron chi connectivity index (χ1n) is 7.11. The number of fused-ring (bicyclic) bond motifs is 1. The Morgan fingerprint density at radius 2 is 2.19 bits per heavy atom. The number of carbonyl (C=O) groups excluding carboxylic acids is 1. The molecule has 0 radical (unpaired) electrons. The predicted molar refractivity (Wildman–Crippen MR) is 86.0 cm³/mol. The van der Waals surface area contributed by atoms with Crippen molar-refractivity contribution in [1.82, 2.24) is 14.9 Å². The van der Waals surface area contributed by atoms with Crippen molar-refractivity contribution in [2.75, 3.05) is 43.9 Å². The molecule has 21 heavy (non-hydrogen) atoms. The third-order valence-corrected chi connectivity index (χ3v) is 4.53. The molecule has 0 aromatic carbocycles. The van der Waals surface area contributed by atoms with Crippen molar-refractivity contribution >= 4 is 39.2 Å². The molecule has 1 fully saturated rings. The fraction of sp³-hybridized carbons (Fsp3) is 0.500. The van der Waals surface area contributed by atoms with Crippen molar-refractivity contribution in [3.05, 3.63) is 11.4 Å². The van der Waals surface area contributed by atoms with Crippen LogP contribution < -0.4 is 10.2 Å². The summed E-state index contributed by atoms with van der Waals surface area (Å²) in [5, 5.41) is 5.97. The summed E-state index contributed by atoms with van der Waals surface area (Å²) in [6.07, 6.45) is 2.23. The Morgan fingerprint density at radius 1 is 1.43 bits per heavy atom. The zero-order valence-electron chi connectivity index (χ0n) is 12.3. The first-order chi connectivity index (χ1) is 10.2. The van der Waals surface area contributed by atoms with E-state index in [1.165, 1.54) is 0 Å². The van der Waals surface area contributed by atoms with E-state index in [-0.39, 0.29) is 5.91 Å². The molecular formula is C14H19N5OS. The van der Waals surface area contributed by atoms with Crippen LogP contribution in [0, 0.1) is 0 Å². The first-order valence-corrected chi connectivity index (χ1v) is 7.99. The molecule has 0 saturated carbocycles. The number of hydrogen-bond donors (Lipinski definition) is 1. The molecule has 1 amide bonds. The van der Waals surface area contributed by atoms with E-state index in [1.54, 1.807) is 18.4 Å². The molecule has 0 atom stereocenters. The summed E-state index contributed by atoms with van der Waals surface area (Å²) < 4.78 is 0. The molecule has 6 nitrogen and oxygen atoms in total. The molecule has 2 aromatic heterocycles. The van der Waals surface area contributed by atoms with Crippen LogP contribution in [0.5, 0.6) is 0 Å². The molecule has 2 aromatic rings. The van der Waals surface area contributed by atoms with Gasteiger partial charge in [-0.25, -0.2) is 4.98 Å². The molecule has 0 spiro atoms. The summed E-state index contributed by atoms with van der Waals surface area (Å²) in [5.74, 6) is 1.56. The van der Waals surface area contributed by atoms with Crippen molar-refractivity contribution < 1.29 is 4.79 Å². The van der Waals surface area contributed by atoms with E-state index in [0.717, 1.165) is 42.0 Å². The van der Waals surface area contributed by atoms with Crippen molar-refractivity contribution in [2.45, 2.75) is 12.8 Å². The first kappa shape index (κ1) is 14.1. The maximum Gasteiger partial charge on any atom is 0.242 e. The second-order valence-electron chi connectivity index (χ2n) is 5.20. The van der Waals surface area contributed by atoms with Crippen molar-refractivity contribution in [2.24, 2.45) is 0 Å². The summed E-state index contributed by atoms with van der Waals surface area (Å²) in [6.45, 7) is 2.11. The molecule has 0 aliphatic carbocycles. The molecule has 3 heterocycles. The molecule has 112 valence electrons. The number of rotatable bonds is 4. The molecule has 0 bridgehead atoms. The van der Waals surface area contributed by atoms with Crippen LogP contribution in [0.1, 0.15) is 12.8 Å². The minimum atomic E-state index is 0.169. The highest BCUT2D eigenvalue weighted by Gasteiger charge is 2.21. The third-order valence-electron chi connectivity index (χ3n) is 3.72. The Bertz CT molecular complexity index is 650. The van der Waals surface area contributed by atoms with Gasteiger partial charge in [0.15, 0.2) is 0 Å². The monoisotopic (exact) mass is 305 g/mol. The van der Waals surface area contributed by atoms with E-state index in [9.17, 15) is 4.79 Å². The fourth-order valence-electron chi connectivity index (χ4n) is 2.59. The van der Waals surface area contributed by atoms with Crippen molar-refractivity contribution in [3.8, 4) is 0 Å². The van der Waals surface area contributed by atoms with Crippen LogP contribution in [0.3, 0.4) is 0 Å². The summed E-state index contributed by atoms with van der Waals surface area (Å²) in [6, 6.07) is 2.01. The van der Waals surface area contributed by atoms with Gasteiger partial charge in [-0.05, 0) is 24.3 Å². The van der Waals surface area contributed by atoms with E-state index < -0.39 is 0 Å². The van der Waals surface area contributed by atoms with Gasteiger partial charge < -0.3 is 15.1 Å². The topological polar surface area (TPSA) is 61.4 Å². The number of carbonyl (C=O) groups is 1. The van der Waals surface area contributed by atoms with Crippen LogP contribution in [-0.4, -0.2) is 54.5 Å². The predicted octanol–water partition coefficient (Wildman–Crippen LogP) is 1.79. The maximum absolute atomic E-state index is 12.3. The summed E-state index contributed by atoms with van der Waals surface area (Å²) in [4.78, 5) is 26.0. The van der Waals surface area contributed by atoms with E-state index in [2.05, 4.69) is 15.3 Å². The number of amides is 1. The number of anilines is 2. The van der Waals surface area contributed by atoms with Crippen LogP contribution in [-0.2, 0) is 4.79 Å². The number of nitrogens with zero attached hydrogens (tertiary/aromatic N) is 4. The smallest absolute Gasteiger partial charge is 0.242 e. The lowest BCUT2D eigenvalue weighted by molar-refractivity contribution is -0.128. The molecule has 3 rings (SSSR count). The minimum absolute atomic E-state index is 0.169. The zero-order valence-corrected chi connectivity index (χ0v) is 13.1. The van der Waals surface area contributed by atoms with E-state index >= 15 is 0 Å². The second kappa shape index (κ2) is 5.85. The summed E-state index contributed by atoms with van der Waals surface area (Å²) in [7, 11) is 3.71. The summed E-state index contributed by atoms with van der Waals surface area (Å²) >= 11 is 1.58. The Hall–Kier alpha value is -1.89. The number of hydrogen-bond acceptors (Lipinski definition) is 6. The minimum Gasteiger partial charge on any atom is -0.357 e. The quantitative estimate of drug-likeness (QED) is 0.933. The average Bonchev–Trinajstić information content (AvgIpc) is 3.16. The van der Waals surface area contributed by atoms with Crippen LogP contribution in [0.15, 0.2) is 11.4 Å². The molecule has 7 heteroatoms. The van der Waals surface area contributed by atoms with Gasteiger partial charge in [-0.15, -0.1) is 11.3 Å². The largest absolute Gasteiger partial charge is 0.357 e. The SMILES string of the molecule is CNc1nc(N(C)CC(=O)N2CCCC2)c2ccsc2n1. The number of aromatic nitrogens is 2. The Balaban J connectivity index is 1.84. The molecule has 0 unspecified atom stereocenters. The lowest BCUT2D eigenvalue weighted by Gasteiger charge is -2.22. The molecule has 1 aliphatic heterocycles. The van der Waals surface area contributed by atoms with Gasteiger partial charge >= 0.3 is 0 Å². The van der Waals surface area contributed by atoms with Crippen molar-refractivity contribution in [3.63, 3.8) is 0 Å². The van der Waals surface area contributed by atoms with Crippen LogP contribution in [0.4, 0.5) is 11.8 Å². The standard InChI is InChI=1S/C14H19N5OS/c1-15-14-16-12(10-5-8-21-13(10)17-14)18(2)9-11(20)19-6-3-4-7-19/h5,8H,3-4,6-7,9H2,1-2H3,(H,15,16,17). The highest BCUT2D eigenvalue weighted by Crippen LogP contribution is 2.28. The van der Waals surface area contributed by atoms with Gasteiger partial charge in [0.05, 0.1) is 11.9 Å². The van der Waals surface area contributed by atoms with E-state index in [0.29, 0.717) is 12.5 Å². The lowest BCUT2D eigenvalue weighted by Crippen LogP contribution is -2.37. The third kappa shape index (κ3) is 2.78. The van der Waals surface area contributed by atoms with Gasteiger partial charge in [-0.1, -0.05) is 0 Å². The molecular weight excluding hydrogens is 286 g/mol. The van der Waals surface area contributed by atoms with Crippen molar-refractivity contribution in [1.29, 1.82) is 0 Å². The number of nitrogens with one attached hydrogen (secondary N) is 1. The molecule has 1 aliphatic rings. The Morgan fingerprint density at radius 3 is 2.90 bits per heavy atom. The summed E-state index contributed by atoms with van der Waals surface area (Å²) in [5.41, 5.74) is 0. The zero-order chi connectivity index (χ0) is 14.8. The molecule has 1 saturated heterocycles. The van der Waals surface area contributed by atoms with Gasteiger partial charge in [0, 0.05) is 27.2 Å². The van der Waals surface area contributed by atoms with Crippen LogP contribution in [0.2, 0.25) is 0 Å². The van der Waals surface area contributed by atoms with E-state index in [1.807, 2.05) is 28.3 Å². The Labute approximate surface area is 127 Å². The van der Waals surface area contributed by atoms with Gasteiger partial charge in [0.25, 0.3) is 0 Å².